The number of nitrogens with zero attached hydrogens (tertiary/aromatic N) is 2. The molecule has 0 radical (unpaired) electrons. The molecule has 5 heteroatoms. The van der Waals surface area contributed by atoms with Crippen LogP contribution < -0.4 is 5.32 Å². The summed E-state index contributed by atoms with van der Waals surface area (Å²) in [5.41, 5.74) is 2.03. The summed E-state index contributed by atoms with van der Waals surface area (Å²) in [6.45, 7) is 5.90. The Morgan fingerprint density at radius 1 is 1.10 bits per heavy atom. The lowest BCUT2D eigenvalue weighted by molar-refractivity contribution is -0.133. The number of carbonyl (C=O) groups is 2. The van der Waals surface area contributed by atoms with Gasteiger partial charge in [0.1, 0.15) is 0 Å². The fourth-order valence-electron chi connectivity index (χ4n) is 5.45. The minimum Gasteiger partial charge on any atom is -0.343 e. The second kappa shape index (κ2) is 9.29. The van der Waals surface area contributed by atoms with Crippen molar-refractivity contribution in [2.75, 3.05) is 31.5 Å². The van der Waals surface area contributed by atoms with Crippen LogP contribution in [0.4, 0.5) is 5.69 Å². The molecule has 29 heavy (non-hydrogen) atoms. The zero-order valence-corrected chi connectivity index (χ0v) is 17.7. The third-order valence-corrected chi connectivity index (χ3v) is 7.18. The van der Waals surface area contributed by atoms with Crippen LogP contribution >= 0.6 is 0 Å². The van der Waals surface area contributed by atoms with Crippen molar-refractivity contribution in [3.8, 4) is 0 Å². The number of aryl methyl sites for hydroxylation is 1. The van der Waals surface area contributed by atoms with Crippen molar-refractivity contribution in [1.82, 2.24) is 9.80 Å². The molecule has 3 aliphatic rings. The maximum absolute atomic E-state index is 12.6. The number of benzene rings is 1. The molecule has 2 bridgehead atoms. The molecule has 2 aliphatic heterocycles. The maximum Gasteiger partial charge on any atom is 0.224 e. The number of likely N-dealkylation sites (tertiary alicyclic amines) is 2. The van der Waals surface area contributed by atoms with Crippen molar-refractivity contribution in [3.63, 3.8) is 0 Å². The molecule has 5 nitrogen and oxygen atoms in total. The highest BCUT2D eigenvalue weighted by Crippen LogP contribution is 2.37. The molecule has 0 aromatic heterocycles. The number of piperidine rings is 2. The summed E-state index contributed by atoms with van der Waals surface area (Å²) < 4.78 is 0. The summed E-state index contributed by atoms with van der Waals surface area (Å²) in [5.74, 6) is 1.86. The van der Waals surface area contributed by atoms with Gasteiger partial charge in [0, 0.05) is 50.7 Å². The second-order valence-corrected chi connectivity index (χ2v) is 9.36. The molecule has 0 spiro atoms. The Balaban J connectivity index is 1.12. The van der Waals surface area contributed by atoms with Gasteiger partial charge in [-0.05, 0) is 75.0 Å². The van der Waals surface area contributed by atoms with Crippen LogP contribution in [0, 0.1) is 18.8 Å². The van der Waals surface area contributed by atoms with E-state index in [2.05, 4.69) is 15.1 Å². The number of rotatable bonds is 7. The zero-order chi connectivity index (χ0) is 20.2. The average Bonchev–Trinajstić information content (AvgIpc) is 3.34. The number of fused-ring (bicyclic) bond motifs is 2. The number of hydrogen-bond donors (Lipinski definition) is 1. The Morgan fingerprint density at radius 2 is 1.93 bits per heavy atom. The second-order valence-electron chi connectivity index (χ2n) is 9.36. The highest BCUT2D eigenvalue weighted by molar-refractivity contribution is 5.90. The fourth-order valence-corrected chi connectivity index (χ4v) is 5.45. The molecule has 2 heterocycles. The number of carbonyl (C=O) groups excluding carboxylic acids is 2. The first-order chi connectivity index (χ1) is 14.1. The van der Waals surface area contributed by atoms with Gasteiger partial charge in [0.2, 0.25) is 11.8 Å². The summed E-state index contributed by atoms with van der Waals surface area (Å²) in [5, 5.41) is 3.00. The SMILES string of the molecule is Cc1cccc(NC(=O)CCC2CCN(C(=O)CCN3C[C@@H]4CC[C@@H]3C4)CC2)c1. The molecule has 1 saturated carbocycles. The number of hydrogen-bond acceptors (Lipinski definition) is 3. The third kappa shape index (κ3) is 5.39. The van der Waals surface area contributed by atoms with E-state index in [1.807, 2.05) is 31.2 Å². The van der Waals surface area contributed by atoms with E-state index >= 15 is 0 Å². The van der Waals surface area contributed by atoms with Gasteiger partial charge in [0.15, 0.2) is 0 Å². The van der Waals surface area contributed by atoms with E-state index in [9.17, 15) is 9.59 Å². The lowest BCUT2D eigenvalue weighted by Crippen LogP contribution is -2.41. The molecule has 3 fully saturated rings. The van der Waals surface area contributed by atoms with Gasteiger partial charge < -0.3 is 10.2 Å². The molecule has 2 atom stereocenters. The molecule has 1 aliphatic carbocycles. The van der Waals surface area contributed by atoms with E-state index in [1.165, 1.54) is 25.8 Å². The highest BCUT2D eigenvalue weighted by Gasteiger charge is 2.37. The van der Waals surface area contributed by atoms with E-state index in [0.29, 0.717) is 24.7 Å². The lowest BCUT2D eigenvalue weighted by Gasteiger charge is -2.33. The van der Waals surface area contributed by atoms with Gasteiger partial charge in [-0.25, -0.2) is 0 Å². The van der Waals surface area contributed by atoms with Crippen LogP contribution in [0.25, 0.3) is 0 Å². The van der Waals surface area contributed by atoms with Gasteiger partial charge >= 0.3 is 0 Å². The predicted molar refractivity (Wildman–Crippen MR) is 116 cm³/mol. The molecule has 1 aromatic carbocycles. The predicted octanol–water partition coefficient (Wildman–Crippen LogP) is 3.83. The van der Waals surface area contributed by atoms with Gasteiger partial charge in [-0.3, -0.25) is 14.5 Å². The summed E-state index contributed by atoms with van der Waals surface area (Å²) in [4.78, 5) is 29.4. The van der Waals surface area contributed by atoms with Crippen molar-refractivity contribution in [1.29, 1.82) is 0 Å². The van der Waals surface area contributed by atoms with Crippen LogP contribution in [0.5, 0.6) is 0 Å². The standard InChI is InChI=1S/C24H35N3O2/c1-18-3-2-4-21(15-18)25-23(28)8-6-19-9-12-26(13-10-19)24(29)11-14-27-17-20-5-7-22(27)16-20/h2-4,15,19-20,22H,5-14,16-17H2,1H3,(H,25,28)/t20-,22-/m1/s1. The first-order valence-electron chi connectivity index (χ1n) is 11.4. The van der Waals surface area contributed by atoms with Gasteiger partial charge in [-0.15, -0.1) is 0 Å². The number of nitrogens with one attached hydrogen (secondary N) is 1. The van der Waals surface area contributed by atoms with E-state index in [1.54, 1.807) is 0 Å². The Labute approximate surface area is 174 Å². The molecule has 2 amide bonds. The monoisotopic (exact) mass is 397 g/mol. The first kappa shape index (κ1) is 20.4. The summed E-state index contributed by atoms with van der Waals surface area (Å²) in [6.07, 6.45) is 8.29. The minimum absolute atomic E-state index is 0.0917. The molecule has 2 saturated heterocycles. The Hall–Kier alpha value is -1.88. The summed E-state index contributed by atoms with van der Waals surface area (Å²) in [7, 11) is 0. The van der Waals surface area contributed by atoms with Crippen LogP contribution in [-0.2, 0) is 9.59 Å². The van der Waals surface area contributed by atoms with Crippen molar-refractivity contribution < 1.29 is 9.59 Å². The van der Waals surface area contributed by atoms with Crippen LogP contribution in [0.1, 0.15) is 56.9 Å². The quantitative estimate of drug-likeness (QED) is 0.761. The van der Waals surface area contributed by atoms with Gasteiger partial charge in [0.05, 0.1) is 0 Å². The summed E-state index contributed by atoms with van der Waals surface area (Å²) in [6, 6.07) is 8.67. The lowest BCUT2D eigenvalue weighted by atomic mass is 9.92. The Bertz CT molecular complexity index is 727. The van der Waals surface area contributed by atoms with E-state index in [0.717, 1.165) is 62.1 Å². The van der Waals surface area contributed by atoms with Crippen molar-refractivity contribution in [3.05, 3.63) is 29.8 Å². The van der Waals surface area contributed by atoms with Gasteiger partial charge in [-0.2, -0.15) is 0 Å². The van der Waals surface area contributed by atoms with Crippen molar-refractivity contribution in [2.45, 2.75) is 64.3 Å². The molecule has 4 rings (SSSR count). The van der Waals surface area contributed by atoms with Crippen molar-refractivity contribution >= 4 is 17.5 Å². The van der Waals surface area contributed by atoms with Crippen LogP contribution in [-0.4, -0.2) is 53.8 Å². The van der Waals surface area contributed by atoms with Crippen LogP contribution in [0.15, 0.2) is 24.3 Å². The summed E-state index contributed by atoms with van der Waals surface area (Å²) >= 11 is 0. The zero-order valence-electron chi connectivity index (χ0n) is 17.7. The molecule has 1 aromatic rings. The Morgan fingerprint density at radius 3 is 2.62 bits per heavy atom. The van der Waals surface area contributed by atoms with Crippen LogP contribution in [0.3, 0.4) is 0 Å². The molecule has 1 N–H and O–H groups in total. The van der Waals surface area contributed by atoms with Gasteiger partial charge in [0.25, 0.3) is 0 Å². The van der Waals surface area contributed by atoms with E-state index in [4.69, 9.17) is 0 Å². The number of amides is 2. The molecule has 158 valence electrons. The van der Waals surface area contributed by atoms with Crippen molar-refractivity contribution in [2.24, 2.45) is 11.8 Å². The van der Waals surface area contributed by atoms with E-state index < -0.39 is 0 Å². The largest absolute Gasteiger partial charge is 0.343 e. The highest BCUT2D eigenvalue weighted by atomic mass is 16.2. The molecular formula is C24H35N3O2. The van der Waals surface area contributed by atoms with E-state index in [-0.39, 0.29) is 5.91 Å². The average molecular weight is 398 g/mol. The maximum atomic E-state index is 12.6. The fraction of sp³-hybridized carbons (Fsp3) is 0.667. The molecular weight excluding hydrogens is 362 g/mol. The normalized spacial score (nSPS) is 24.8. The van der Waals surface area contributed by atoms with Crippen LogP contribution in [0.2, 0.25) is 0 Å². The topological polar surface area (TPSA) is 52.7 Å². The first-order valence-corrected chi connectivity index (χ1v) is 11.4. The molecule has 0 unspecified atom stereocenters. The number of anilines is 1. The minimum atomic E-state index is 0.0917. The smallest absolute Gasteiger partial charge is 0.224 e. The Kier molecular flexibility index (Phi) is 6.53. The van der Waals surface area contributed by atoms with Gasteiger partial charge in [-0.1, -0.05) is 12.1 Å². The third-order valence-electron chi connectivity index (χ3n) is 7.18.